The first-order valence-electron chi connectivity index (χ1n) is 11.4. The zero-order valence-electron chi connectivity index (χ0n) is 18.7. The Labute approximate surface area is 199 Å². The maximum absolute atomic E-state index is 13.8. The van der Waals surface area contributed by atoms with Gasteiger partial charge in [0.05, 0.1) is 11.0 Å². The maximum atomic E-state index is 13.8. The molecule has 32 heavy (non-hydrogen) atoms. The van der Waals surface area contributed by atoms with Crippen LogP contribution in [0.3, 0.4) is 0 Å². The van der Waals surface area contributed by atoms with Gasteiger partial charge in [-0.1, -0.05) is 61.7 Å². The highest BCUT2D eigenvalue weighted by Crippen LogP contribution is 2.31. The van der Waals surface area contributed by atoms with Crippen molar-refractivity contribution in [3.05, 3.63) is 63.9 Å². The van der Waals surface area contributed by atoms with Gasteiger partial charge in [0.2, 0.25) is 5.91 Å². The number of aromatic nitrogens is 2. The third-order valence-electron chi connectivity index (χ3n) is 6.36. The summed E-state index contributed by atoms with van der Waals surface area (Å²) >= 11 is 13.0. The van der Waals surface area contributed by atoms with E-state index in [1.807, 2.05) is 47.4 Å². The number of para-hydroxylation sites is 2. The van der Waals surface area contributed by atoms with Crippen molar-refractivity contribution >= 4 is 40.1 Å². The molecule has 0 saturated carbocycles. The number of piperazine rings is 1. The van der Waals surface area contributed by atoms with Gasteiger partial charge in [0, 0.05) is 42.6 Å². The third kappa shape index (κ3) is 4.66. The summed E-state index contributed by atoms with van der Waals surface area (Å²) in [6, 6.07) is 13.3. The molecule has 1 atom stereocenters. The fourth-order valence-corrected chi connectivity index (χ4v) is 5.09. The van der Waals surface area contributed by atoms with Gasteiger partial charge < -0.3 is 14.4 Å². The molecule has 170 valence electrons. The van der Waals surface area contributed by atoms with Crippen LogP contribution in [-0.4, -0.2) is 58.0 Å². The molecule has 0 unspecified atom stereocenters. The minimum absolute atomic E-state index is 0.178. The first-order valence-corrected chi connectivity index (χ1v) is 12.2. The molecule has 0 bridgehead atoms. The summed E-state index contributed by atoms with van der Waals surface area (Å²) in [4.78, 5) is 23.1. The van der Waals surface area contributed by atoms with Gasteiger partial charge in [-0.15, -0.1) is 0 Å². The Bertz CT molecular complexity index is 1070. The molecular formula is C25H30Cl2N4O. The van der Waals surface area contributed by atoms with Crippen molar-refractivity contribution in [3.63, 3.8) is 0 Å². The van der Waals surface area contributed by atoms with Crippen LogP contribution >= 0.6 is 23.2 Å². The fraction of sp³-hybridized carbons (Fsp3) is 0.440. The van der Waals surface area contributed by atoms with E-state index in [9.17, 15) is 4.79 Å². The number of amides is 1. The van der Waals surface area contributed by atoms with Gasteiger partial charge in [-0.05, 0) is 42.8 Å². The van der Waals surface area contributed by atoms with Crippen LogP contribution in [-0.2, 0) is 11.2 Å². The fourth-order valence-electron chi connectivity index (χ4n) is 4.56. The number of halogens is 2. The van der Waals surface area contributed by atoms with E-state index in [0.29, 0.717) is 16.5 Å². The minimum Gasteiger partial charge on any atom is -0.338 e. The van der Waals surface area contributed by atoms with E-state index < -0.39 is 0 Å². The van der Waals surface area contributed by atoms with E-state index in [4.69, 9.17) is 28.2 Å². The number of rotatable bonds is 7. The lowest BCUT2D eigenvalue weighted by Gasteiger charge is -2.36. The number of benzene rings is 2. The Kier molecular flexibility index (Phi) is 7.39. The molecule has 1 amide bonds. The zero-order chi connectivity index (χ0) is 22.7. The van der Waals surface area contributed by atoms with Crippen LogP contribution in [0.25, 0.3) is 11.0 Å². The number of fused-ring (bicyclic) bond motifs is 1. The molecule has 0 spiro atoms. The molecule has 1 aromatic heterocycles. The Morgan fingerprint density at radius 1 is 1.00 bits per heavy atom. The number of imidazole rings is 1. The van der Waals surface area contributed by atoms with Crippen LogP contribution < -0.4 is 0 Å². The highest BCUT2D eigenvalue weighted by atomic mass is 35.5. The summed E-state index contributed by atoms with van der Waals surface area (Å²) in [6.07, 6.45) is 2.14. The second kappa shape index (κ2) is 10.2. The minimum atomic E-state index is -0.295. The molecule has 1 saturated heterocycles. The predicted molar refractivity (Wildman–Crippen MR) is 132 cm³/mol. The van der Waals surface area contributed by atoms with Gasteiger partial charge in [-0.25, -0.2) is 4.98 Å². The van der Waals surface area contributed by atoms with Gasteiger partial charge in [-0.2, -0.15) is 0 Å². The molecule has 0 aliphatic carbocycles. The second-order valence-electron chi connectivity index (χ2n) is 8.33. The molecular weight excluding hydrogens is 443 g/mol. The molecule has 0 radical (unpaired) electrons. The van der Waals surface area contributed by atoms with Crippen molar-refractivity contribution in [2.24, 2.45) is 0 Å². The Hall–Kier alpha value is -2.08. The van der Waals surface area contributed by atoms with Gasteiger partial charge >= 0.3 is 0 Å². The average molecular weight is 473 g/mol. The van der Waals surface area contributed by atoms with E-state index in [0.717, 1.165) is 68.0 Å². The average Bonchev–Trinajstić information content (AvgIpc) is 3.17. The van der Waals surface area contributed by atoms with Gasteiger partial charge in [0.25, 0.3) is 0 Å². The lowest BCUT2D eigenvalue weighted by atomic mass is 10.1. The zero-order valence-corrected chi connectivity index (χ0v) is 20.2. The summed E-state index contributed by atoms with van der Waals surface area (Å²) < 4.78 is 2.13. The molecule has 2 aromatic carbocycles. The van der Waals surface area contributed by atoms with E-state index in [-0.39, 0.29) is 11.9 Å². The van der Waals surface area contributed by atoms with Crippen molar-refractivity contribution in [1.82, 2.24) is 19.4 Å². The van der Waals surface area contributed by atoms with Crippen LogP contribution in [0.2, 0.25) is 10.0 Å². The molecule has 0 N–H and O–H groups in total. The van der Waals surface area contributed by atoms with Crippen LogP contribution in [0.5, 0.6) is 0 Å². The first-order chi connectivity index (χ1) is 15.5. The Morgan fingerprint density at radius 3 is 2.34 bits per heavy atom. The number of hydrogen-bond donors (Lipinski definition) is 0. The van der Waals surface area contributed by atoms with E-state index in [2.05, 4.69) is 23.3 Å². The van der Waals surface area contributed by atoms with Crippen molar-refractivity contribution in [2.45, 2.75) is 39.2 Å². The summed E-state index contributed by atoms with van der Waals surface area (Å²) in [5.74, 6) is 0.998. The summed E-state index contributed by atoms with van der Waals surface area (Å²) in [6.45, 7) is 8.70. The van der Waals surface area contributed by atoms with Crippen LogP contribution in [0.1, 0.15) is 44.1 Å². The SMILES string of the molecule is CCC[C@H](C(=O)N1CCN(CC)CC1)n1c(Cc2c(Cl)cccc2Cl)nc2ccccc21. The normalized spacial score (nSPS) is 15.9. The highest BCUT2D eigenvalue weighted by molar-refractivity contribution is 6.36. The smallest absolute Gasteiger partial charge is 0.245 e. The van der Waals surface area contributed by atoms with Crippen molar-refractivity contribution in [1.29, 1.82) is 0 Å². The quantitative estimate of drug-likeness (QED) is 0.459. The number of carbonyl (C=O) groups is 1. The predicted octanol–water partition coefficient (Wildman–Crippen LogP) is 5.44. The molecule has 1 fully saturated rings. The number of likely N-dealkylation sites (N-methyl/N-ethyl adjacent to an activating group) is 1. The standard InChI is InChI=1S/C25H30Cl2N4O/c1-3-8-23(25(32)30-15-13-29(4-2)14-16-30)31-22-12-6-5-11-21(22)28-24(31)17-18-19(26)9-7-10-20(18)27/h5-7,9-12,23H,3-4,8,13-17H2,1-2H3/t23-/m1/s1. The number of nitrogens with zero attached hydrogens (tertiary/aromatic N) is 4. The van der Waals surface area contributed by atoms with Gasteiger partial charge in [0.15, 0.2) is 0 Å². The van der Waals surface area contributed by atoms with Gasteiger partial charge in [0.1, 0.15) is 11.9 Å². The topological polar surface area (TPSA) is 41.4 Å². The summed E-state index contributed by atoms with van der Waals surface area (Å²) in [7, 11) is 0. The first kappa shape index (κ1) is 23.1. The van der Waals surface area contributed by atoms with E-state index in [1.54, 1.807) is 0 Å². The third-order valence-corrected chi connectivity index (χ3v) is 7.06. The Morgan fingerprint density at radius 2 is 1.69 bits per heavy atom. The summed E-state index contributed by atoms with van der Waals surface area (Å²) in [5, 5.41) is 1.23. The highest BCUT2D eigenvalue weighted by Gasteiger charge is 2.31. The van der Waals surface area contributed by atoms with Crippen molar-refractivity contribution in [2.75, 3.05) is 32.7 Å². The maximum Gasteiger partial charge on any atom is 0.245 e. The van der Waals surface area contributed by atoms with Crippen molar-refractivity contribution in [3.8, 4) is 0 Å². The lowest BCUT2D eigenvalue weighted by Crippen LogP contribution is -2.50. The van der Waals surface area contributed by atoms with E-state index in [1.165, 1.54) is 0 Å². The van der Waals surface area contributed by atoms with Gasteiger partial charge in [-0.3, -0.25) is 4.79 Å². The van der Waals surface area contributed by atoms with Crippen LogP contribution in [0.4, 0.5) is 0 Å². The molecule has 2 heterocycles. The lowest BCUT2D eigenvalue weighted by molar-refractivity contribution is -0.136. The number of carbonyl (C=O) groups excluding carboxylic acids is 1. The Balaban J connectivity index is 1.74. The summed E-state index contributed by atoms with van der Waals surface area (Å²) in [5.41, 5.74) is 2.70. The molecule has 1 aliphatic heterocycles. The van der Waals surface area contributed by atoms with Crippen LogP contribution in [0, 0.1) is 0 Å². The van der Waals surface area contributed by atoms with Crippen molar-refractivity contribution < 1.29 is 4.79 Å². The molecule has 7 heteroatoms. The monoisotopic (exact) mass is 472 g/mol. The van der Waals surface area contributed by atoms with E-state index >= 15 is 0 Å². The molecule has 3 aromatic rings. The molecule has 1 aliphatic rings. The molecule has 4 rings (SSSR count). The molecule has 5 nitrogen and oxygen atoms in total. The van der Waals surface area contributed by atoms with Crippen LogP contribution in [0.15, 0.2) is 42.5 Å². The number of hydrogen-bond acceptors (Lipinski definition) is 3. The second-order valence-corrected chi connectivity index (χ2v) is 9.14. The largest absolute Gasteiger partial charge is 0.338 e.